The summed E-state index contributed by atoms with van der Waals surface area (Å²) < 4.78 is 0. The number of carbonyl (C=O) groups is 1. The standard InChI is InChI=1S/C8H15NO.C5H9N.C2H6O2/c1-3-7(2)9-6-4-5-8(9)10;1-3-5(2)4-6;3-1-2-4/h7H,3-6H2,1-2H3;5H,3H2,1-2H3;3-4H,1-2H2. The second-order valence-electron chi connectivity index (χ2n) is 4.83. The van der Waals surface area contributed by atoms with Crippen LogP contribution in [0.25, 0.3) is 0 Å². The average molecular weight is 286 g/mol. The normalized spacial score (nSPS) is 16.2. The first-order valence-electron chi connectivity index (χ1n) is 7.39. The van der Waals surface area contributed by atoms with Crippen molar-refractivity contribution >= 4 is 5.91 Å². The molecule has 0 bridgehead atoms. The van der Waals surface area contributed by atoms with E-state index < -0.39 is 0 Å². The van der Waals surface area contributed by atoms with Crippen LogP contribution in [-0.4, -0.2) is 46.8 Å². The summed E-state index contributed by atoms with van der Waals surface area (Å²) in [6.07, 6.45) is 3.87. The van der Waals surface area contributed by atoms with Crippen LogP contribution in [0.15, 0.2) is 0 Å². The van der Waals surface area contributed by atoms with Crippen molar-refractivity contribution in [3.63, 3.8) is 0 Å². The van der Waals surface area contributed by atoms with Gasteiger partial charge in [0.05, 0.1) is 19.3 Å². The highest BCUT2D eigenvalue weighted by Gasteiger charge is 2.23. The summed E-state index contributed by atoms with van der Waals surface area (Å²) >= 11 is 0. The van der Waals surface area contributed by atoms with Gasteiger partial charge in [-0.05, 0) is 33.1 Å². The van der Waals surface area contributed by atoms with E-state index in [1.807, 2.05) is 18.7 Å². The molecule has 20 heavy (non-hydrogen) atoms. The molecule has 1 fully saturated rings. The number of aliphatic hydroxyl groups is 2. The van der Waals surface area contributed by atoms with Crippen LogP contribution in [-0.2, 0) is 4.79 Å². The van der Waals surface area contributed by atoms with Crippen molar-refractivity contribution in [2.75, 3.05) is 19.8 Å². The average Bonchev–Trinajstić information content (AvgIpc) is 2.92. The summed E-state index contributed by atoms with van der Waals surface area (Å²) in [4.78, 5) is 13.1. The Kier molecular flexibility index (Phi) is 15.1. The highest BCUT2D eigenvalue weighted by Crippen LogP contribution is 2.14. The Morgan fingerprint density at radius 2 is 1.80 bits per heavy atom. The first kappa shape index (κ1) is 21.2. The molecule has 118 valence electrons. The van der Waals surface area contributed by atoms with E-state index in [2.05, 4.69) is 19.9 Å². The number of hydrogen-bond acceptors (Lipinski definition) is 4. The van der Waals surface area contributed by atoms with Crippen LogP contribution in [0.3, 0.4) is 0 Å². The summed E-state index contributed by atoms with van der Waals surface area (Å²) in [6, 6.07) is 2.57. The number of nitrogens with zero attached hydrogens (tertiary/aromatic N) is 2. The lowest BCUT2D eigenvalue weighted by Gasteiger charge is -2.22. The molecule has 0 aromatic rings. The molecule has 1 amide bonds. The predicted molar refractivity (Wildman–Crippen MR) is 79.9 cm³/mol. The zero-order chi connectivity index (χ0) is 16.0. The van der Waals surface area contributed by atoms with E-state index in [1.165, 1.54) is 0 Å². The van der Waals surface area contributed by atoms with E-state index in [4.69, 9.17) is 15.5 Å². The van der Waals surface area contributed by atoms with E-state index in [-0.39, 0.29) is 19.1 Å². The van der Waals surface area contributed by atoms with E-state index in [0.717, 1.165) is 32.2 Å². The van der Waals surface area contributed by atoms with Gasteiger partial charge in [-0.15, -0.1) is 0 Å². The van der Waals surface area contributed by atoms with Crippen molar-refractivity contribution in [1.29, 1.82) is 5.26 Å². The molecular formula is C15H30N2O3. The Labute approximate surface area is 123 Å². The van der Waals surface area contributed by atoms with Gasteiger partial charge >= 0.3 is 0 Å². The van der Waals surface area contributed by atoms with Crippen LogP contribution in [0.2, 0.25) is 0 Å². The molecule has 1 aliphatic rings. The third-order valence-electron chi connectivity index (χ3n) is 3.17. The van der Waals surface area contributed by atoms with Gasteiger partial charge in [0, 0.05) is 24.9 Å². The SMILES string of the molecule is CCC(C)C#N.CCC(C)N1CCCC1=O.OCCO. The highest BCUT2D eigenvalue weighted by atomic mass is 16.3. The van der Waals surface area contributed by atoms with Crippen molar-refractivity contribution in [3.8, 4) is 6.07 Å². The summed E-state index contributed by atoms with van der Waals surface area (Å²) in [6.45, 7) is 8.89. The zero-order valence-corrected chi connectivity index (χ0v) is 13.3. The third kappa shape index (κ3) is 10.8. The maximum Gasteiger partial charge on any atom is 0.222 e. The molecule has 2 N–H and O–H groups in total. The maximum atomic E-state index is 11.1. The van der Waals surface area contributed by atoms with Gasteiger partial charge in [-0.25, -0.2) is 0 Å². The van der Waals surface area contributed by atoms with Gasteiger partial charge in [-0.3, -0.25) is 4.79 Å². The summed E-state index contributed by atoms with van der Waals surface area (Å²) in [5, 5.41) is 23.3. The molecule has 1 heterocycles. The summed E-state index contributed by atoms with van der Waals surface area (Å²) in [7, 11) is 0. The Balaban J connectivity index is 0. The van der Waals surface area contributed by atoms with E-state index >= 15 is 0 Å². The fraction of sp³-hybridized carbons (Fsp3) is 0.867. The predicted octanol–water partition coefficient (Wildman–Crippen LogP) is 1.93. The maximum absolute atomic E-state index is 11.1. The molecule has 2 atom stereocenters. The van der Waals surface area contributed by atoms with Crippen LogP contribution < -0.4 is 0 Å². The van der Waals surface area contributed by atoms with Gasteiger partial charge in [0.1, 0.15) is 0 Å². The zero-order valence-electron chi connectivity index (χ0n) is 13.3. The molecule has 5 heteroatoms. The molecule has 1 saturated heterocycles. The van der Waals surface area contributed by atoms with Crippen molar-refractivity contribution in [3.05, 3.63) is 0 Å². The van der Waals surface area contributed by atoms with Crippen molar-refractivity contribution in [2.45, 2.75) is 59.4 Å². The number of hydrogen-bond donors (Lipinski definition) is 2. The topological polar surface area (TPSA) is 84.6 Å². The molecule has 0 spiro atoms. The minimum atomic E-state index is -0.125. The fourth-order valence-electron chi connectivity index (χ4n) is 1.45. The van der Waals surface area contributed by atoms with Crippen LogP contribution in [0, 0.1) is 17.2 Å². The molecule has 5 nitrogen and oxygen atoms in total. The van der Waals surface area contributed by atoms with Gasteiger partial charge in [0.25, 0.3) is 0 Å². The Morgan fingerprint density at radius 1 is 1.25 bits per heavy atom. The molecule has 0 aromatic carbocycles. The minimum Gasteiger partial charge on any atom is -0.394 e. The summed E-state index contributed by atoms with van der Waals surface area (Å²) in [5.41, 5.74) is 0. The molecule has 1 aliphatic heterocycles. The van der Waals surface area contributed by atoms with Gasteiger partial charge in [0.2, 0.25) is 5.91 Å². The highest BCUT2D eigenvalue weighted by molar-refractivity contribution is 5.78. The molecule has 0 aliphatic carbocycles. The molecule has 2 unspecified atom stereocenters. The minimum absolute atomic E-state index is 0.125. The van der Waals surface area contributed by atoms with E-state index in [1.54, 1.807) is 0 Å². The van der Waals surface area contributed by atoms with Gasteiger partial charge in [-0.1, -0.05) is 13.8 Å². The lowest BCUT2D eigenvalue weighted by molar-refractivity contribution is -0.129. The number of nitriles is 1. The van der Waals surface area contributed by atoms with Crippen LogP contribution in [0.4, 0.5) is 0 Å². The van der Waals surface area contributed by atoms with Crippen molar-refractivity contribution in [1.82, 2.24) is 4.90 Å². The second-order valence-corrected chi connectivity index (χ2v) is 4.83. The van der Waals surface area contributed by atoms with Gasteiger partial charge in [-0.2, -0.15) is 5.26 Å². The van der Waals surface area contributed by atoms with Gasteiger partial charge < -0.3 is 15.1 Å². The van der Waals surface area contributed by atoms with Crippen molar-refractivity contribution in [2.24, 2.45) is 5.92 Å². The second kappa shape index (κ2) is 14.3. The first-order chi connectivity index (χ1) is 9.48. The monoisotopic (exact) mass is 286 g/mol. The fourth-order valence-corrected chi connectivity index (χ4v) is 1.45. The lowest BCUT2D eigenvalue weighted by atomic mass is 10.2. The largest absolute Gasteiger partial charge is 0.394 e. The third-order valence-corrected chi connectivity index (χ3v) is 3.17. The first-order valence-corrected chi connectivity index (χ1v) is 7.39. The smallest absolute Gasteiger partial charge is 0.222 e. The molecule has 1 rings (SSSR count). The Hall–Kier alpha value is -1.12. The number of carbonyl (C=O) groups excluding carboxylic acids is 1. The van der Waals surface area contributed by atoms with Crippen molar-refractivity contribution < 1.29 is 15.0 Å². The van der Waals surface area contributed by atoms with E-state index in [0.29, 0.717) is 11.9 Å². The van der Waals surface area contributed by atoms with Gasteiger partial charge in [0.15, 0.2) is 0 Å². The Bertz CT molecular complexity index is 275. The number of likely N-dealkylation sites (tertiary alicyclic amines) is 1. The Morgan fingerprint density at radius 3 is 2.00 bits per heavy atom. The molecule has 0 radical (unpaired) electrons. The van der Waals surface area contributed by atoms with Crippen LogP contribution >= 0.6 is 0 Å². The van der Waals surface area contributed by atoms with E-state index in [9.17, 15) is 4.79 Å². The quantitative estimate of drug-likeness (QED) is 0.827. The van der Waals surface area contributed by atoms with Crippen LogP contribution in [0.5, 0.6) is 0 Å². The van der Waals surface area contributed by atoms with Crippen LogP contribution in [0.1, 0.15) is 53.4 Å². The summed E-state index contributed by atoms with van der Waals surface area (Å²) in [5.74, 6) is 0.583. The number of rotatable bonds is 4. The molecule has 0 saturated carbocycles. The lowest BCUT2D eigenvalue weighted by Crippen LogP contribution is -2.33. The molecule has 0 aromatic heterocycles. The number of aliphatic hydroxyl groups excluding tert-OH is 2. The molecular weight excluding hydrogens is 256 g/mol. The number of amides is 1.